The Bertz CT molecular complexity index is 461. The molecule has 0 aliphatic rings. The van der Waals surface area contributed by atoms with Crippen molar-refractivity contribution in [3.63, 3.8) is 0 Å². The van der Waals surface area contributed by atoms with E-state index < -0.39 is 6.10 Å². The van der Waals surface area contributed by atoms with Crippen LogP contribution >= 0.6 is 0 Å². The summed E-state index contributed by atoms with van der Waals surface area (Å²) in [4.78, 5) is 17.5. The molecule has 6 nitrogen and oxygen atoms in total. The molecule has 1 amide bonds. The number of carbonyl (C=O) groups is 1. The maximum atomic E-state index is 11.5. The van der Waals surface area contributed by atoms with Crippen LogP contribution in [-0.2, 0) is 4.79 Å². The number of aromatic nitrogens is 1. The Hall–Kier alpha value is -1.92. The molecule has 1 aromatic rings. The number of carbonyl (C=O) groups excluding carboxylic acids is 1. The van der Waals surface area contributed by atoms with Crippen LogP contribution in [0, 0.1) is 0 Å². The summed E-state index contributed by atoms with van der Waals surface area (Å²) >= 11 is 0. The van der Waals surface area contributed by atoms with Crippen LogP contribution in [0.1, 0.15) is 11.8 Å². The number of aliphatic hydroxyl groups excluding tert-OH is 1. The first-order valence-electron chi connectivity index (χ1n) is 6.30. The van der Waals surface area contributed by atoms with Gasteiger partial charge < -0.3 is 20.1 Å². The Morgan fingerprint density at radius 2 is 2.35 bits per heavy atom. The lowest BCUT2D eigenvalue weighted by atomic mass is 10.2. The first kappa shape index (κ1) is 16.1. The van der Waals surface area contributed by atoms with E-state index in [9.17, 15) is 9.90 Å². The number of hydrogen-bond donors (Lipinski definition) is 2. The highest BCUT2D eigenvalue weighted by molar-refractivity contribution is 5.87. The van der Waals surface area contributed by atoms with Gasteiger partial charge in [0.1, 0.15) is 17.5 Å². The number of aliphatic hydroxyl groups is 1. The molecule has 1 atom stereocenters. The van der Waals surface area contributed by atoms with Crippen molar-refractivity contribution < 1.29 is 14.6 Å². The number of methoxy groups -OCH3 is 1. The van der Waals surface area contributed by atoms with Crippen LogP contribution in [-0.4, -0.2) is 55.2 Å². The van der Waals surface area contributed by atoms with E-state index in [1.807, 2.05) is 19.0 Å². The fraction of sp³-hybridized carbons (Fsp3) is 0.429. The zero-order valence-electron chi connectivity index (χ0n) is 12.0. The van der Waals surface area contributed by atoms with Crippen LogP contribution in [0.4, 0.5) is 0 Å². The van der Waals surface area contributed by atoms with Crippen LogP contribution in [0.5, 0.6) is 5.75 Å². The number of ether oxygens (including phenoxy) is 1. The van der Waals surface area contributed by atoms with Gasteiger partial charge in [-0.05, 0) is 26.2 Å². The summed E-state index contributed by atoms with van der Waals surface area (Å²) in [5, 5.41) is 12.6. The lowest BCUT2D eigenvalue weighted by Gasteiger charge is -2.13. The Kier molecular flexibility index (Phi) is 6.69. The molecule has 1 aromatic heterocycles. The highest BCUT2D eigenvalue weighted by atomic mass is 16.5. The lowest BCUT2D eigenvalue weighted by molar-refractivity contribution is -0.117. The molecule has 20 heavy (non-hydrogen) atoms. The quantitative estimate of drug-likeness (QED) is 0.705. The molecule has 1 heterocycles. The Morgan fingerprint density at radius 1 is 1.60 bits per heavy atom. The van der Waals surface area contributed by atoms with E-state index in [0.29, 0.717) is 18.0 Å². The molecular weight excluding hydrogens is 258 g/mol. The molecule has 1 unspecified atom stereocenters. The number of nitrogens with one attached hydrogen (secondary N) is 1. The fourth-order valence-corrected chi connectivity index (χ4v) is 1.55. The smallest absolute Gasteiger partial charge is 0.243 e. The average molecular weight is 279 g/mol. The van der Waals surface area contributed by atoms with E-state index in [1.54, 1.807) is 24.4 Å². The summed E-state index contributed by atoms with van der Waals surface area (Å²) in [5.41, 5.74) is 0.410. The van der Waals surface area contributed by atoms with Gasteiger partial charge in [-0.1, -0.05) is 6.08 Å². The molecule has 0 fully saturated rings. The van der Waals surface area contributed by atoms with Crippen LogP contribution < -0.4 is 10.1 Å². The van der Waals surface area contributed by atoms with E-state index in [0.717, 1.165) is 0 Å². The monoisotopic (exact) mass is 279 g/mol. The summed E-state index contributed by atoms with van der Waals surface area (Å²) in [7, 11) is 5.34. The molecule has 0 saturated heterocycles. The van der Waals surface area contributed by atoms with Crippen LogP contribution in [0.25, 0.3) is 0 Å². The number of nitrogens with zero attached hydrogens (tertiary/aromatic N) is 2. The summed E-state index contributed by atoms with van der Waals surface area (Å²) in [6, 6.07) is 3.43. The second-order valence-corrected chi connectivity index (χ2v) is 4.52. The molecule has 0 saturated carbocycles. The average Bonchev–Trinajstić information content (AvgIpc) is 2.44. The Labute approximate surface area is 119 Å². The van der Waals surface area contributed by atoms with Crippen molar-refractivity contribution in [2.24, 2.45) is 0 Å². The van der Waals surface area contributed by atoms with Crippen LogP contribution in [0.3, 0.4) is 0 Å². The van der Waals surface area contributed by atoms with Gasteiger partial charge in [0.15, 0.2) is 0 Å². The normalized spacial score (nSPS) is 12.7. The molecule has 110 valence electrons. The number of amides is 1. The van der Waals surface area contributed by atoms with Gasteiger partial charge >= 0.3 is 0 Å². The molecule has 0 aliphatic carbocycles. The van der Waals surface area contributed by atoms with Crippen molar-refractivity contribution in [3.05, 3.63) is 36.2 Å². The Morgan fingerprint density at radius 3 is 3.00 bits per heavy atom. The Balaban J connectivity index is 2.48. The largest absolute Gasteiger partial charge is 0.495 e. The third kappa shape index (κ3) is 5.38. The molecule has 0 radical (unpaired) electrons. The van der Waals surface area contributed by atoms with Gasteiger partial charge in [0.05, 0.1) is 7.11 Å². The second-order valence-electron chi connectivity index (χ2n) is 4.52. The van der Waals surface area contributed by atoms with E-state index in [1.165, 1.54) is 13.2 Å². The number of likely N-dealkylation sites (N-methyl/N-ethyl adjacent to an activating group) is 1. The van der Waals surface area contributed by atoms with Crippen molar-refractivity contribution in [2.75, 3.05) is 34.3 Å². The SMILES string of the molecule is COc1cccnc1C(O)CNC(=O)/C=C/CN(C)C. The van der Waals surface area contributed by atoms with Gasteiger partial charge in [-0.2, -0.15) is 0 Å². The van der Waals surface area contributed by atoms with Crippen LogP contribution in [0.15, 0.2) is 30.5 Å². The molecule has 0 aromatic carbocycles. The van der Waals surface area contributed by atoms with Crippen LogP contribution in [0.2, 0.25) is 0 Å². The van der Waals surface area contributed by atoms with Crippen molar-refractivity contribution in [1.82, 2.24) is 15.2 Å². The van der Waals surface area contributed by atoms with E-state index in [4.69, 9.17) is 4.74 Å². The summed E-state index contributed by atoms with van der Waals surface area (Å²) in [6.07, 6.45) is 3.86. The van der Waals surface area contributed by atoms with Crippen molar-refractivity contribution >= 4 is 5.91 Å². The minimum Gasteiger partial charge on any atom is -0.495 e. The zero-order chi connectivity index (χ0) is 15.0. The standard InChI is InChI=1S/C14H21N3O3/c1-17(2)9-5-7-13(19)16-10-11(18)14-12(20-3)6-4-8-15-14/h4-8,11,18H,9-10H2,1-3H3,(H,16,19)/b7-5+. The maximum Gasteiger partial charge on any atom is 0.243 e. The van der Waals surface area contributed by atoms with E-state index in [2.05, 4.69) is 10.3 Å². The maximum absolute atomic E-state index is 11.5. The van der Waals surface area contributed by atoms with Gasteiger partial charge in [-0.15, -0.1) is 0 Å². The van der Waals surface area contributed by atoms with E-state index >= 15 is 0 Å². The first-order chi connectivity index (χ1) is 9.54. The van der Waals surface area contributed by atoms with Gasteiger partial charge in [0.2, 0.25) is 5.91 Å². The molecule has 0 aliphatic heterocycles. The minimum atomic E-state index is -0.905. The topological polar surface area (TPSA) is 74.7 Å². The van der Waals surface area contributed by atoms with Gasteiger partial charge in [0, 0.05) is 25.4 Å². The van der Waals surface area contributed by atoms with Gasteiger partial charge in [0.25, 0.3) is 0 Å². The second kappa shape index (κ2) is 8.29. The summed E-state index contributed by atoms with van der Waals surface area (Å²) in [5.74, 6) is 0.248. The number of rotatable bonds is 7. The highest BCUT2D eigenvalue weighted by Gasteiger charge is 2.14. The lowest BCUT2D eigenvalue weighted by Crippen LogP contribution is -2.27. The highest BCUT2D eigenvalue weighted by Crippen LogP contribution is 2.21. The molecule has 1 rings (SSSR count). The molecule has 2 N–H and O–H groups in total. The van der Waals surface area contributed by atoms with Crippen molar-refractivity contribution in [3.8, 4) is 5.75 Å². The third-order valence-electron chi connectivity index (χ3n) is 2.54. The van der Waals surface area contributed by atoms with E-state index in [-0.39, 0.29) is 12.5 Å². The molecule has 0 bridgehead atoms. The fourth-order valence-electron chi connectivity index (χ4n) is 1.55. The number of pyridine rings is 1. The van der Waals surface area contributed by atoms with Crippen molar-refractivity contribution in [1.29, 1.82) is 0 Å². The predicted octanol–water partition coefficient (Wildman–Crippen LogP) is 0.358. The predicted molar refractivity (Wildman–Crippen MR) is 76.5 cm³/mol. The summed E-state index contributed by atoms with van der Waals surface area (Å²) < 4.78 is 5.11. The van der Waals surface area contributed by atoms with Gasteiger partial charge in [-0.3, -0.25) is 9.78 Å². The molecule has 0 spiro atoms. The minimum absolute atomic E-state index is 0.0819. The molecular formula is C14H21N3O3. The van der Waals surface area contributed by atoms with Crippen molar-refractivity contribution in [2.45, 2.75) is 6.10 Å². The zero-order valence-corrected chi connectivity index (χ0v) is 12.0. The number of hydrogen-bond acceptors (Lipinski definition) is 5. The summed E-state index contributed by atoms with van der Waals surface area (Å²) in [6.45, 7) is 0.766. The third-order valence-corrected chi connectivity index (χ3v) is 2.54. The first-order valence-corrected chi connectivity index (χ1v) is 6.30. The molecule has 6 heteroatoms. The van der Waals surface area contributed by atoms with Gasteiger partial charge in [-0.25, -0.2) is 0 Å².